The zero-order valence-electron chi connectivity index (χ0n) is 15.9. The Balaban J connectivity index is 2.00. The van der Waals surface area contributed by atoms with Gasteiger partial charge in [-0.05, 0) is 36.8 Å². The molecule has 0 unspecified atom stereocenters. The van der Waals surface area contributed by atoms with Crippen molar-refractivity contribution < 1.29 is 13.9 Å². The van der Waals surface area contributed by atoms with Crippen LogP contribution >= 0.6 is 0 Å². The predicted molar refractivity (Wildman–Crippen MR) is 112 cm³/mol. The van der Waals surface area contributed by atoms with Crippen LogP contribution in [-0.2, 0) is 4.79 Å². The lowest BCUT2D eigenvalue weighted by atomic mass is 10.1. The fourth-order valence-electron chi connectivity index (χ4n) is 2.96. The number of amides is 1. The first-order chi connectivity index (χ1) is 13.5. The molecule has 0 aliphatic carbocycles. The number of hydrogen-bond donors (Lipinski definition) is 1. The third-order valence-electron chi connectivity index (χ3n) is 4.41. The number of nitrogens with one attached hydrogen (secondary N) is 1. The van der Waals surface area contributed by atoms with Crippen LogP contribution < -0.4 is 20.6 Å². The van der Waals surface area contributed by atoms with Crippen molar-refractivity contribution >= 4 is 33.9 Å². The van der Waals surface area contributed by atoms with Crippen LogP contribution in [0.15, 0.2) is 70.4 Å². The Kier molecular flexibility index (Phi) is 5.79. The van der Waals surface area contributed by atoms with Crippen LogP contribution in [0.5, 0.6) is 5.75 Å². The highest BCUT2D eigenvalue weighted by Gasteiger charge is 2.14. The topological polar surface area (TPSA) is 71.8 Å². The van der Waals surface area contributed by atoms with E-state index in [2.05, 4.69) is 11.9 Å². The van der Waals surface area contributed by atoms with Gasteiger partial charge in [0.25, 0.3) is 0 Å². The van der Waals surface area contributed by atoms with Crippen molar-refractivity contribution in [3.8, 4) is 5.75 Å². The SMILES string of the molecule is C=CCCC(=O)Nc1cc(N(C)c2cc(=O)oc3ccccc23)ccc1OC. The molecule has 1 heterocycles. The molecule has 3 rings (SSSR count). The Bertz CT molecular complexity index is 1070. The molecule has 1 amide bonds. The molecule has 0 radical (unpaired) electrons. The van der Waals surface area contributed by atoms with Gasteiger partial charge in [0.1, 0.15) is 11.3 Å². The monoisotopic (exact) mass is 378 g/mol. The molecule has 144 valence electrons. The normalized spacial score (nSPS) is 10.5. The summed E-state index contributed by atoms with van der Waals surface area (Å²) in [5.41, 5.74) is 2.15. The Hall–Kier alpha value is -3.54. The Morgan fingerprint density at radius 2 is 2.04 bits per heavy atom. The molecule has 6 heteroatoms. The van der Waals surface area contributed by atoms with Gasteiger partial charge < -0.3 is 19.4 Å². The number of carbonyl (C=O) groups excluding carboxylic acids is 1. The number of fused-ring (bicyclic) bond motifs is 1. The zero-order valence-corrected chi connectivity index (χ0v) is 15.9. The van der Waals surface area contributed by atoms with E-state index in [1.165, 1.54) is 6.07 Å². The van der Waals surface area contributed by atoms with E-state index in [9.17, 15) is 9.59 Å². The van der Waals surface area contributed by atoms with Gasteiger partial charge >= 0.3 is 5.63 Å². The van der Waals surface area contributed by atoms with Gasteiger partial charge in [0.15, 0.2) is 0 Å². The molecule has 0 aliphatic heterocycles. The van der Waals surface area contributed by atoms with Gasteiger partial charge in [0.05, 0.1) is 18.5 Å². The zero-order chi connectivity index (χ0) is 20.1. The molecule has 0 saturated heterocycles. The van der Waals surface area contributed by atoms with Crippen molar-refractivity contribution in [2.75, 3.05) is 24.4 Å². The number of nitrogens with zero attached hydrogens (tertiary/aromatic N) is 1. The van der Waals surface area contributed by atoms with E-state index in [4.69, 9.17) is 9.15 Å². The minimum absolute atomic E-state index is 0.121. The van der Waals surface area contributed by atoms with Crippen LogP contribution in [0.2, 0.25) is 0 Å². The van der Waals surface area contributed by atoms with Crippen molar-refractivity contribution in [2.45, 2.75) is 12.8 Å². The van der Waals surface area contributed by atoms with Crippen LogP contribution in [-0.4, -0.2) is 20.1 Å². The van der Waals surface area contributed by atoms with Crippen molar-refractivity contribution in [3.05, 3.63) is 71.6 Å². The molecule has 0 fully saturated rings. The third kappa shape index (κ3) is 4.06. The molecule has 2 aromatic carbocycles. The smallest absolute Gasteiger partial charge is 0.338 e. The van der Waals surface area contributed by atoms with E-state index in [0.717, 1.165) is 11.1 Å². The maximum atomic E-state index is 12.1. The van der Waals surface area contributed by atoms with Gasteiger partial charge in [0, 0.05) is 30.6 Å². The van der Waals surface area contributed by atoms with Crippen LogP contribution in [0, 0.1) is 0 Å². The highest BCUT2D eigenvalue weighted by atomic mass is 16.5. The second kappa shape index (κ2) is 8.43. The summed E-state index contributed by atoms with van der Waals surface area (Å²) in [4.78, 5) is 26.0. The summed E-state index contributed by atoms with van der Waals surface area (Å²) < 4.78 is 10.6. The Labute approximate surface area is 163 Å². The van der Waals surface area contributed by atoms with E-state index in [-0.39, 0.29) is 5.91 Å². The van der Waals surface area contributed by atoms with E-state index in [0.29, 0.717) is 35.5 Å². The summed E-state index contributed by atoms with van der Waals surface area (Å²) in [6.07, 6.45) is 2.64. The summed E-state index contributed by atoms with van der Waals surface area (Å²) in [5, 5.41) is 3.69. The van der Waals surface area contributed by atoms with Crippen molar-refractivity contribution in [3.63, 3.8) is 0 Å². The number of ether oxygens (including phenoxy) is 1. The molecule has 0 atom stereocenters. The van der Waals surface area contributed by atoms with Gasteiger partial charge in [-0.2, -0.15) is 0 Å². The molecular weight excluding hydrogens is 356 g/mol. The highest BCUT2D eigenvalue weighted by molar-refractivity contribution is 5.95. The van der Waals surface area contributed by atoms with E-state index < -0.39 is 5.63 Å². The molecule has 0 spiro atoms. The number of para-hydroxylation sites is 1. The second-order valence-corrected chi connectivity index (χ2v) is 6.27. The number of benzene rings is 2. The lowest BCUT2D eigenvalue weighted by molar-refractivity contribution is -0.116. The van der Waals surface area contributed by atoms with Crippen LogP contribution in [0.1, 0.15) is 12.8 Å². The van der Waals surface area contributed by atoms with Crippen LogP contribution in [0.25, 0.3) is 11.0 Å². The average molecular weight is 378 g/mol. The number of methoxy groups -OCH3 is 1. The average Bonchev–Trinajstić information content (AvgIpc) is 2.71. The molecule has 0 bridgehead atoms. The summed E-state index contributed by atoms with van der Waals surface area (Å²) >= 11 is 0. The van der Waals surface area contributed by atoms with E-state index in [1.54, 1.807) is 25.3 Å². The van der Waals surface area contributed by atoms with Crippen molar-refractivity contribution in [1.82, 2.24) is 0 Å². The van der Waals surface area contributed by atoms with Crippen LogP contribution in [0.4, 0.5) is 17.1 Å². The molecule has 3 aromatic rings. The fourth-order valence-corrected chi connectivity index (χ4v) is 2.96. The number of hydrogen-bond acceptors (Lipinski definition) is 5. The minimum atomic E-state index is -0.424. The van der Waals surface area contributed by atoms with Gasteiger partial charge in [-0.3, -0.25) is 4.79 Å². The van der Waals surface area contributed by atoms with Gasteiger partial charge in [0.2, 0.25) is 5.91 Å². The Morgan fingerprint density at radius 1 is 1.25 bits per heavy atom. The first-order valence-electron chi connectivity index (χ1n) is 8.89. The molecular formula is C22H22N2O4. The third-order valence-corrected chi connectivity index (χ3v) is 4.41. The van der Waals surface area contributed by atoms with Gasteiger partial charge in [-0.15, -0.1) is 6.58 Å². The number of anilines is 3. The van der Waals surface area contributed by atoms with Gasteiger partial charge in [-0.25, -0.2) is 4.79 Å². The van der Waals surface area contributed by atoms with Crippen molar-refractivity contribution in [1.29, 1.82) is 0 Å². The maximum Gasteiger partial charge on any atom is 0.338 e. The minimum Gasteiger partial charge on any atom is -0.495 e. The lowest BCUT2D eigenvalue weighted by Crippen LogP contribution is -2.15. The standard InChI is InChI=1S/C22H22N2O4/c1-4-5-10-21(25)23-17-13-15(11-12-20(17)27-3)24(2)18-14-22(26)28-19-9-7-6-8-16(18)19/h4,6-9,11-14H,1,5,10H2,2-3H3,(H,23,25). The molecule has 6 nitrogen and oxygen atoms in total. The molecule has 0 aliphatic rings. The van der Waals surface area contributed by atoms with Gasteiger partial charge in [-0.1, -0.05) is 18.2 Å². The first-order valence-corrected chi connectivity index (χ1v) is 8.89. The Morgan fingerprint density at radius 3 is 2.79 bits per heavy atom. The predicted octanol–water partition coefficient (Wildman–Crippen LogP) is 4.47. The van der Waals surface area contributed by atoms with E-state index >= 15 is 0 Å². The van der Waals surface area contributed by atoms with Crippen molar-refractivity contribution in [2.24, 2.45) is 0 Å². The summed E-state index contributed by atoms with van der Waals surface area (Å²) in [6.45, 7) is 3.63. The quantitative estimate of drug-likeness (QED) is 0.485. The van der Waals surface area contributed by atoms with Crippen LogP contribution in [0.3, 0.4) is 0 Å². The summed E-state index contributed by atoms with van der Waals surface area (Å²) in [5.74, 6) is 0.436. The number of allylic oxidation sites excluding steroid dienone is 1. The molecule has 28 heavy (non-hydrogen) atoms. The largest absolute Gasteiger partial charge is 0.495 e. The molecule has 1 aromatic heterocycles. The number of carbonyl (C=O) groups is 1. The highest BCUT2D eigenvalue weighted by Crippen LogP contribution is 2.34. The summed E-state index contributed by atoms with van der Waals surface area (Å²) in [7, 11) is 3.40. The summed E-state index contributed by atoms with van der Waals surface area (Å²) in [6, 6.07) is 14.3. The van der Waals surface area contributed by atoms with E-state index in [1.807, 2.05) is 42.3 Å². The second-order valence-electron chi connectivity index (χ2n) is 6.27. The lowest BCUT2D eigenvalue weighted by Gasteiger charge is -2.22. The molecule has 1 N–H and O–H groups in total. The maximum absolute atomic E-state index is 12.1. The number of rotatable bonds is 7. The molecule has 0 saturated carbocycles. The fraction of sp³-hybridized carbons (Fsp3) is 0.182. The first kappa shape index (κ1) is 19.2.